The molecule has 1 aromatic carbocycles. The Balaban J connectivity index is 2.03. The summed E-state index contributed by atoms with van der Waals surface area (Å²) in [4.78, 5) is 15.5. The van der Waals surface area contributed by atoms with Gasteiger partial charge in [-0.05, 0) is 36.8 Å². The first-order valence-electron chi connectivity index (χ1n) is 5.43. The van der Waals surface area contributed by atoms with Crippen LogP contribution in [-0.2, 0) is 0 Å². The quantitative estimate of drug-likeness (QED) is 0.710. The fraction of sp³-hybridized carbons (Fsp3) is 0.0769. The molecular formula is C13H13N3O2. The molecule has 0 aliphatic rings. The average Bonchev–Trinajstić information content (AvgIpc) is 2.34. The van der Waals surface area contributed by atoms with Crippen LogP contribution >= 0.6 is 0 Å². The van der Waals surface area contributed by atoms with Gasteiger partial charge in [-0.25, -0.2) is 4.79 Å². The zero-order valence-corrected chi connectivity index (χ0v) is 9.84. The molecule has 5 heteroatoms. The molecule has 5 nitrogen and oxygen atoms in total. The van der Waals surface area contributed by atoms with Gasteiger partial charge in [-0.2, -0.15) is 0 Å². The minimum atomic E-state index is -0.429. The highest BCUT2D eigenvalue weighted by Gasteiger charge is 2.06. The summed E-state index contributed by atoms with van der Waals surface area (Å²) in [7, 11) is 0. The molecular weight excluding hydrogens is 230 g/mol. The number of urea groups is 1. The number of amides is 2. The second-order valence-electron chi connectivity index (χ2n) is 3.84. The number of phenolic OH excluding ortho intramolecular Hbond substituents is 1. The Labute approximate surface area is 104 Å². The highest BCUT2D eigenvalue weighted by molar-refractivity contribution is 6.00. The number of aryl methyl sites for hydroxylation is 1. The number of anilines is 2. The Kier molecular flexibility index (Phi) is 3.43. The molecule has 2 rings (SSSR count). The van der Waals surface area contributed by atoms with E-state index >= 15 is 0 Å². The molecule has 92 valence electrons. The maximum Gasteiger partial charge on any atom is 0.323 e. The number of pyridine rings is 1. The van der Waals surface area contributed by atoms with Crippen molar-refractivity contribution in [2.45, 2.75) is 6.92 Å². The molecule has 1 aromatic heterocycles. The molecule has 0 bridgehead atoms. The minimum absolute atomic E-state index is 0.0383. The Morgan fingerprint density at radius 3 is 2.78 bits per heavy atom. The number of aromatic nitrogens is 1. The van der Waals surface area contributed by atoms with E-state index in [1.54, 1.807) is 36.5 Å². The number of hydrogen-bond acceptors (Lipinski definition) is 3. The van der Waals surface area contributed by atoms with Gasteiger partial charge in [0.1, 0.15) is 5.75 Å². The van der Waals surface area contributed by atoms with Crippen LogP contribution in [0.5, 0.6) is 5.75 Å². The second kappa shape index (κ2) is 5.18. The topological polar surface area (TPSA) is 74.2 Å². The molecule has 1 heterocycles. The fourth-order valence-electron chi connectivity index (χ4n) is 1.47. The number of nitrogens with one attached hydrogen (secondary N) is 2. The van der Waals surface area contributed by atoms with E-state index in [1.165, 1.54) is 6.20 Å². The Morgan fingerprint density at radius 1 is 1.28 bits per heavy atom. The normalized spacial score (nSPS) is 9.83. The van der Waals surface area contributed by atoms with Crippen LogP contribution < -0.4 is 10.6 Å². The average molecular weight is 243 g/mol. The van der Waals surface area contributed by atoms with E-state index in [0.717, 1.165) is 5.56 Å². The largest absolute Gasteiger partial charge is 0.506 e. The summed E-state index contributed by atoms with van der Waals surface area (Å²) in [6.45, 7) is 1.86. The Morgan fingerprint density at radius 2 is 2.11 bits per heavy atom. The van der Waals surface area contributed by atoms with Gasteiger partial charge < -0.3 is 15.7 Å². The van der Waals surface area contributed by atoms with Gasteiger partial charge in [-0.15, -0.1) is 0 Å². The summed E-state index contributed by atoms with van der Waals surface area (Å²) in [6.07, 6.45) is 3.16. The van der Waals surface area contributed by atoms with E-state index in [9.17, 15) is 9.90 Å². The summed E-state index contributed by atoms with van der Waals surface area (Å²) < 4.78 is 0. The summed E-state index contributed by atoms with van der Waals surface area (Å²) in [5.41, 5.74) is 1.87. The number of rotatable bonds is 2. The first kappa shape index (κ1) is 11.9. The number of carbonyl (C=O) groups is 1. The zero-order chi connectivity index (χ0) is 13.0. The lowest BCUT2D eigenvalue weighted by Gasteiger charge is -2.09. The van der Waals surface area contributed by atoms with E-state index in [0.29, 0.717) is 11.4 Å². The third kappa shape index (κ3) is 2.98. The maximum atomic E-state index is 11.7. The van der Waals surface area contributed by atoms with E-state index in [2.05, 4.69) is 15.6 Å². The minimum Gasteiger partial charge on any atom is -0.506 e. The van der Waals surface area contributed by atoms with Gasteiger partial charge in [0, 0.05) is 6.20 Å². The molecule has 2 amide bonds. The summed E-state index contributed by atoms with van der Waals surface area (Å²) in [5, 5.41) is 14.8. The number of carbonyl (C=O) groups excluding carboxylic acids is 1. The molecule has 0 saturated heterocycles. The number of hydrogen-bond donors (Lipinski definition) is 3. The van der Waals surface area contributed by atoms with Crippen molar-refractivity contribution >= 4 is 17.4 Å². The number of nitrogens with zero attached hydrogens (tertiary/aromatic N) is 1. The van der Waals surface area contributed by atoms with Crippen molar-refractivity contribution in [3.8, 4) is 5.75 Å². The molecule has 18 heavy (non-hydrogen) atoms. The van der Waals surface area contributed by atoms with Crippen molar-refractivity contribution in [1.29, 1.82) is 0 Å². The van der Waals surface area contributed by atoms with Gasteiger partial charge in [0.15, 0.2) is 0 Å². The van der Waals surface area contributed by atoms with Gasteiger partial charge in [0.05, 0.1) is 17.6 Å². The summed E-state index contributed by atoms with van der Waals surface area (Å²) >= 11 is 0. The van der Waals surface area contributed by atoms with Crippen LogP contribution in [0, 0.1) is 6.92 Å². The highest BCUT2D eigenvalue weighted by Crippen LogP contribution is 2.23. The van der Waals surface area contributed by atoms with Crippen molar-refractivity contribution in [2.75, 3.05) is 10.6 Å². The third-order valence-corrected chi connectivity index (χ3v) is 2.32. The third-order valence-electron chi connectivity index (χ3n) is 2.32. The van der Waals surface area contributed by atoms with E-state index in [1.807, 2.05) is 6.92 Å². The monoisotopic (exact) mass is 243 g/mol. The smallest absolute Gasteiger partial charge is 0.323 e. The van der Waals surface area contributed by atoms with Crippen LogP contribution in [0.2, 0.25) is 0 Å². The van der Waals surface area contributed by atoms with Crippen LogP contribution in [-0.4, -0.2) is 16.1 Å². The fourth-order valence-corrected chi connectivity index (χ4v) is 1.47. The molecule has 0 fully saturated rings. The zero-order valence-electron chi connectivity index (χ0n) is 9.84. The van der Waals surface area contributed by atoms with E-state index < -0.39 is 6.03 Å². The van der Waals surface area contributed by atoms with Crippen molar-refractivity contribution in [1.82, 2.24) is 4.98 Å². The standard InChI is InChI=1S/C13H13N3O2/c1-9-4-5-11(12(17)7-9)16-13(18)15-10-3-2-6-14-8-10/h2-8,17H,1H3,(H2,15,16,18). The van der Waals surface area contributed by atoms with Crippen LogP contribution in [0.15, 0.2) is 42.7 Å². The predicted molar refractivity (Wildman–Crippen MR) is 69.7 cm³/mol. The SMILES string of the molecule is Cc1ccc(NC(=O)Nc2cccnc2)c(O)c1. The van der Waals surface area contributed by atoms with E-state index in [4.69, 9.17) is 0 Å². The predicted octanol–water partition coefficient (Wildman–Crippen LogP) is 2.74. The van der Waals surface area contributed by atoms with E-state index in [-0.39, 0.29) is 5.75 Å². The Hall–Kier alpha value is -2.56. The molecule has 0 atom stereocenters. The van der Waals surface area contributed by atoms with Gasteiger partial charge in [-0.1, -0.05) is 6.07 Å². The molecule has 0 saturated carbocycles. The lowest BCUT2D eigenvalue weighted by atomic mass is 10.2. The van der Waals surface area contributed by atoms with Gasteiger partial charge in [0.2, 0.25) is 0 Å². The molecule has 0 radical (unpaired) electrons. The molecule has 3 N–H and O–H groups in total. The molecule has 2 aromatic rings. The first-order valence-corrected chi connectivity index (χ1v) is 5.43. The number of aromatic hydroxyl groups is 1. The van der Waals surface area contributed by atoms with Crippen LogP contribution in [0.1, 0.15) is 5.56 Å². The van der Waals surface area contributed by atoms with Crippen LogP contribution in [0.3, 0.4) is 0 Å². The van der Waals surface area contributed by atoms with Crippen LogP contribution in [0.4, 0.5) is 16.2 Å². The van der Waals surface area contributed by atoms with Crippen LogP contribution in [0.25, 0.3) is 0 Å². The highest BCUT2D eigenvalue weighted by atomic mass is 16.3. The summed E-state index contributed by atoms with van der Waals surface area (Å²) in [6, 6.07) is 8.05. The molecule has 0 aliphatic heterocycles. The molecule has 0 unspecified atom stereocenters. The number of benzene rings is 1. The number of phenols is 1. The maximum absolute atomic E-state index is 11.7. The van der Waals surface area contributed by atoms with Crippen molar-refractivity contribution in [3.63, 3.8) is 0 Å². The Bertz CT molecular complexity index is 555. The first-order chi connectivity index (χ1) is 8.65. The van der Waals surface area contributed by atoms with Crippen molar-refractivity contribution in [3.05, 3.63) is 48.3 Å². The second-order valence-corrected chi connectivity index (χ2v) is 3.84. The van der Waals surface area contributed by atoms with Crippen molar-refractivity contribution in [2.24, 2.45) is 0 Å². The van der Waals surface area contributed by atoms with Gasteiger partial charge in [0.25, 0.3) is 0 Å². The van der Waals surface area contributed by atoms with Crippen molar-refractivity contribution < 1.29 is 9.90 Å². The summed E-state index contributed by atoms with van der Waals surface area (Å²) in [5.74, 6) is 0.0383. The van der Waals surface area contributed by atoms with Gasteiger partial charge >= 0.3 is 6.03 Å². The lowest BCUT2D eigenvalue weighted by Crippen LogP contribution is -2.19. The van der Waals surface area contributed by atoms with Gasteiger partial charge in [-0.3, -0.25) is 4.98 Å². The molecule has 0 aliphatic carbocycles. The molecule has 0 spiro atoms. The lowest BCUT2D eigenvalue weighted by molar-refractivity contribution is 0.262.